The zero-order valence-electron chi connectivity index (χ0n) is 17.8. The van der Waals surface area contributed by atoms with Crippen LogP contribution < -0.4 is 15.0 Å². The maximum Gasteiger partial charge on any atom is 0.229 e. The van der Waals surface area contributed by atoms with E-state index in [-0.39, 0.29) is 0 Å². The van der Waals surface area contributed by atoms with E-state index in [9.17, 15) is 0 Å². The molecule has 4 aromatic rings. The van der Waals surface area contributed by atoms with Crippen LogP contribution in [-0.4, -0.2) is 39.9 Å². The molecular weight excluding hydrogens is 388 g/mol. The third-order valence-electron chi connectivity index (χ3n) is 5.69. The summed E-state index contributed by atoms with van der Waals surface area (Å²) in [6.45, 7) is 4.21. The lowest BCUT2D eigenvalue weighted by atomic mass is 10.0. The van der Waals surface area contributed by atoms with Crippen LogP contribution in [0.5, 0.6) is 5.75 Å². The van der Waals surface area contributed by atoms with Crippen LogP contribution in [0.3, 0.4) is 0 Å². The van der Waals surface area contributed by atoms with E-state index < -0.39 is 0 Å². The van der Waals surface area contributed by atoms with Crippen molar-refractivity contribution in [1.82, 2.24) is 19.7 Å². The van der Waals surface area contributed by atoms with Crippen LogP contribution in [-0.2, 0) is 0 Å². The number of aromatic nitrogens is 4. The number of fused-ring (bicyclic) bond motifs is 1. The molecule has 5 rings (SSSR count). The van der Waals surface area contributed by atoms with Crippen molar-refractivity contribution in [3.8, 4) is 11.4 Å². The summed E-state index contributed by atoms with van der Waals surface area (Å²) in [5.74, 6) is 2.90. The summed E-state index contributed by atoms with van der Waals surface area (Å²) in [5.41, 5.74) is 2.67. The molecule has 1 saturated heterocycles. The predicted molar refractivity (Wildman–Crippen MR) is 124 cm³/mol. The van der Waals surface area contributed by atoms with Crippen molar-refractivity contribution in [2.24, 2.45) is 5.92 Å². The third-order valence-corrected chi connectivity index (χ3v) is 5.69. The predicted octanol–water partition coefficient (Wildman–Crippen LogP) is 4.80. The molecule has 0 aliphatic carbocycles. The minimum atomic E-state index is 0.627. The number of hydrogen-bond acceptors (Lipinski definition) is 6. The Bertz CT molecular complexity index is 1190. The number of anilines is 3. The van der Waals surface area contributed by atoms with Gasteiger partial charge in [-0.25, -0.2) is 4.68 Å². The minimum absolute atomic E-state index is 0.627. The number of nitrogens with one attached hydrogen (secondary N) is 1. The molecule has 2 aromatic heterocycles. The minimum Gasteiger partial charge on any atom is -0.497 e. The van der Waals surface area contributed by atoms with Gasteiger partial charge in [-0.15, -0.1) is 0 Å². The van der Waals surface area contributed by atoms with Crippen molar-refractivity contribution >= 4 is 28.5 Å². The lowest BCUT2D eigenvalue weighted by Gasteiger charge is -2.31. The summed E-state index contributed by atoms with van der Waals surface area (Å²) in [6.07, 6.45) is 4.22. The van der Waals surface area contributed by atoms with Gasteiger partial charge in [0, 0.05) is 24.8 Å². The first-order chi connectivity index (χ1) is 15.2. The number of hydrogen-bond donors (Lipinski definition) is 1. The summed E-state index contributed by atoms with van der Waals surface area (Å²) in [6, 6.07) is 17.9. The number of para-hydroxylation sites is 1. The molecule has 0 spiro atoms. The van der Waals surface area contributed by atoms with E-state index in [0.29, 0.717) is 5.92 Å². The molecule has 1 unspecified atom stereocenters. The second-order valence-corrected chi connectivity index (χ2v) is 8.05. The Kier molecular flexibility index (Phi) is 5.16. The van der Waals surface area contributed by atoms with Gasteiger partial charge in [0.1, 0.15) is 11.6 Å². The maximum atomic E-state index is 5.38. The van der Waals surface area contributed by atoms with Crippen LogP contribution in [0.25, 0.3) is 16.7 Å². The molecule has 1 atom stereocenters. The molecule has 0 saturated carbocycles. The topological polar surface area (TPSA) is 68.1 Å². The van der Waals surface area contributed by atoms with Gasteiger partial charge >= 0.3 is 0 Å². The second kappa shape index (κ2) is 8.26. The zero-order chi connectivity index (χ0) is 21.2. The quantitative estimate of drug-likeness (QED) is 0.506. The Balaban J connectivity index is 1.63. The van der Waals surface area contributed by atoms with Crippen LogP contribution in [0.1, 0.15) is 19.8 Å². The summed E-state index contributed by atoms with van der Waals surface area (Å²) in [4.78, 5) is 12.2. The van der Waals surface area contributed by atoms with Crippen molar-refractivity contribution < 1.29 is 4.74 Å². The number of rotatable bonds is 5. The van der Waals surface area contributed by atoms with Crippen LogP contribution in [0.4, 0.5) is 17.5 Å². The first-order valence-electron chi connectivity index (χ1n) is 10.7. The highest BCUT2D eigenvalue weighted by Crippen LogP contribution is 2.30. The number of methoxy groups -OCH3 is 1. The Hall–Kier alpha value is -3.61. The van der Waals surface area contributed by atoms with Gasteiger partial charge in [-0.1, -0.05) is 31.2 Å². The summed E-state index contributed by atoms with van der Waals surface area (Å²) >= 11 is 0. The molecule has 1 N–H and O–H groups in total. The fourth-order valence-electron chi connectivity index (χ4n) is 4.10. The van der Waals surface area contributed by atoms with Crippen molar-refractivity contribution in [3.63, 3.8) is 0 Å². The van der Waals surface area contributed by atoms with Crippen LogP contribution >= 0.6 is 0 Å². The molecule has 31 heavy (non-hydrogen) atoms. The highest BCUT2D eigenvalue weighted by atomic mass is 16.5. The van der Waals surface area contributed by atoms with Gasteiger partial charge in [0.25, 0.3) is 0 Å². The molecule has 3 heterocycles. The van der Waals surface area contributed by atoms with Gasteiger partial charge in [-0.2, -0.15) is 15.1 Å². The van der Waals surface area contributed by atoms with E-state index >= 15 is 0 Å². The van der Waals surface area contributed by atoms with E-state index in [1.807, 2.05) is 65.5 Å². The van der Waals surface area contributed by atoms with Crippen molar-refractivity contribution in [3.05, 3.63) is 60.8 Å². The van der Waals surface area contributed by atoms with Gasteiger partial charge in [-0.3, -0.25) is 0 Å². The average molecular weight is 415 g/mol. The molecule has 1 fully saturated rings. The SMILES string of the molecule is COc1cccc(Nc2nc(N3CCCC(C)C3)nc3c2cnn3-c2ccccc2)c1. The molecular formula is C24H26N6O. The number of piperidine rings is 1. The van der Waals surface area contributed by atoms with Crippen LogP contribution in [0.2, 0.25) is 0 Å². The fraction of sp³-hybridized carbons (Fsp3) is 0.292. The van der Waals surface area contributed by atoms with Crippen LogP contribution in [0, 0.1) is 5.92 Å². The third kappa shape index (κ3) is 3.91. The average Bonchev–Trinajstić information content (AvgIpc) is 3.24. The van der Waals surface area contributed by atoms with Crippen molar-refractivity contribution in [2.75, 3.05) is 30.4 Å². The highest BCUT2D eigenvalue weighted by molar-refractivity contribution is 5.90. The van der Waals surface area contributed by atoms with Gasteiger partial charge < -0.3 is 15.0 Å². The van der Waals surface area contributed by atoms with Gasteiger partial charge in [0.2, 0.25) is 5.95 Å². The van der Waals surface area contributed by atoms with Crippen molar-refractivity contribution in [1.29, 1.82) is 0 Å². The molecule has 0 amide bonds. The van der Waals surface area contributed by atoms with E-state index in [4.69, 9.17) is 14.7 Å². The molecule has 1 aliphatic heterocycles. The summed E-state index contributed by atoms with van der Waals surface area (Å²) in [5, 5.41) is 8.98. The standard InChI is InChI=1S/C24H26N6O/c1-17-8-7-13-29(16-17)24-27-22(26-18-9-6-12-20(14-18)31-2)21-15-25-30(23(21)28-24)19-10-4-3-5-11-19/h3-6,9-12,14-15,17H,7-8,13,16H2,1-2H3,(H,26,27,28). The van der Waals surface area contributed by atoms with Gasteiger partial charge in [-0.05, 0) is 43.0 Å². The van der Waals surface area contributed by atoms with E-state index in [1.54, 1.807) is 7.11 Å². The van der Waals surface area contributed by atoms with E-state index in [0.717, 1.165) is 59.4 Å². The smallest absolute Gasteiger partial charge is 0.229 e. The first kappa shape index (κ1) is 19.4. The zero-order valence-corrected chi connectivity index (χ0v) is 17.8. The van der Waals surface area contributed by atoms with Gasteiger partial charge in [0.05, 0.1) is 24.4 Å². The largest absolute Gasteiger partial charge is 0.497 e. The molecule has 158 valence electrons. The normalized spacial score (nSPS) is 16.5. The molecule has 0 bridgehead atoms. The van der Waals surface area contributed by atoms with E-state index in [1.165, 1.54) is 6.42 Å². The molecule has 7 nitrogen and oxygen atoms in total. The fourth-order valence-corrected chi connectivity index (χ4v) is 4.10. The van der Waals surface area contributed by atoms with Gasteiger partial charge in [0.15, 0.2) is 5.65 Å². The summed E-state index contributed by atoms with van der Waals surface area (Å²) < 4.78 is 7.25. The molecule has 1 aliphatic rings. The molecule has 7 heteroatoms. The highest BCUT2D eigenvalue weighted by Gasteiger charge is 2.22. The lowest BCUT2D eigenvalue weighted by molar-refractivity contribution is 0.415. The monoisotopic (exact) mass is 414 g/mol. The second-order valence-electron chi connectivity index (χ2n) is 8.05. The lowest BCUT2D eigenvalue weighted by Crippen LogP contribution is -2.35. The van der Waals surface area contributed by atoms with Crippen LogP contribution in [0.15, 0.2) is 60.8 Å². The summed E-state index contributed by atoms with van der Waals surface area (Å²) in [7, 11) is 1.67. The first-order valence-corrected chi connectivity index (χ1v) is 10.7. The van der Waals surface area contributed by atoms with Crippen molar-refractivity contribution in [2.45, 2.75) is 19.8 Å². The number of ether oxygens (including phenoxy) is 1. The number of benzene rings is 2. The Labute approximate surface area is 181 Å². The Morgan fingerprint density at radius 2 is 1.94 bits per heavy atom. The Morgan fingerprint density at radius 3 is 2.74 bits per heavy atom. The molecule has 0 radical (unpaired) electrons. The molecule has 2 aromatic carbocycles. The number of nitrogens with zero attached hydrogens (tertiary/aromatic N) is 5. The van der Waals surface area contributed by atoms with E-state index in [2.05, 4.69) is 22.2 Å². The maximum absolute atomic E-state index is 5.38. The Morgan fingerprint density at radius 1 is 1.06 bits per heavy atom.